The van der Waals surface area contributed by atoms with Gasteiger partial charge in [-0.05, 0) is 18.6 Å². The molecule has 7 heteroatoms. The Morgan fingerprint density at radius 1 is 1.33 bits per heavy atom. The van der Waals surface area contributed by atoms with Crippen LogP contribution >= 0.6 is 0 Å². The zero-order valence-corrected chi connectivity index (χ0v) is 10.3. The van der Waals surface area contributed by atoms with Gasteiger partial charge in [0.15, 0.2) is 0 Å². The molecule has 1 heterocycles. The van der Waals surface area contributed by atoms with E-state index in [1.54, 1.807) is 0 Å². The smallest absolute Gasteiger partial charge is 0.337 e. The van der Waals surface area contributed by atoms with Crippen molar-refractivity contribution in [1.29, 1.82) is 0 Å². The number of aromatic carboxylic acids is 1. The van der Waals surface area contributed by atoms with Crippen LogP contribution in [0.5, 0.6) is 0 Å². The fourth-order valence-electron chi connectivity index (χ4n) is 1.94. The zero-order valence-electron chi connectivity index (χ0n) is 9.48. The molecule has 0 saturated carbocycles. The predicted molar refractivity (Wildman–Crippen MR) is 62.8 cm³/mol. The van der Waals surface area contributed by atoms with Crippen LogP contribution in [-0.2, 0) is 10.0 Å². The van der Waals surface area contributed by atoms with E-state index in [4.69, 9.17) is 5.11 Å². The van der Waals surface area contributed by atoms with E-state index in [0.29, 0.717) is 6.42 Å². The van der Waals surface area contributed by atoms with Crippen molar-refractivity contribution in [2.45, 2.75) is 17.4 Å². The third kappa shape index (κ3) is 2.24. The Bertz CT molecular complexity index is 569. The highest BCUT2D eigenvalue weighted by atomic mass is 32.2. The van der Waals surface area contributed by atoms with Crippen LogP contribution in [0.2, 0.25) is 0 Å². The quantitative estimate of drug-likeness (QED) is 0.815. The van der Waals surface area contributed by atoms with Crippen LogP contribution in [0.1, 0.15) is 16.8 Å². The minimum Gasteiger partial charge on any atom is -0.478 e. The first-order valence-electron chi connectivity index (χ1n) is 5.43. The van der Waals surface area contributed by atoms with Crippen LogP contribution < -0.4 is 0 Å². The van der Waals surface area contributed by atoms with Crippen LogP contribution in [0.25, 0.3) is 0 Å². The molecule has 1 aromatic carbocycles. The standard InChI is InChI=1S/C11H13NO5S/c13-8-5-6-12(7-8)18(16,17)10-4-2-1-3-9(10)11(14)15/h1-4,8,13H,5-7H2,(H,14,15)/t8-/m1/s1. The molecule has 1 aromatic rings. The maximum atomic E-state index is 12.3. The number of hydrogen-bond donors (Lipinski definition) is 2. The second-order valence-electron chi connectivity index (χ2n) is 4.11. The molecule has 2 N–H and O–H groups in total. The van der Waals surface area contributed by atoms with Gasteiger partial charge < -0.3 is 10.2 Å². The largest absolute Gasteiger partial charge is 0.478 e. The zero-order chi connectivity index (χ0) is 13.3. The van der Waals surface area contributed by atoms with Gasteiger partial charge in [-0.2, -0.15) is 4.31 Å². The Morgan fingerprint density at radius 3 is 2.56 bits per heavy atom. The van der Waals surface area contributed by atoms with E-state index in [9.17, 15) is 18.3 Å². The molecule has 1 saturated heterocycles. The summed E-state index contributed by atoms with van der Waals surface area (Å²) in [5, 5.41) is 18.4. The van der Waals surface area contributed by atoms with Gasteiger partial charge >= 0.3 is 5.97 Å². The molecule has 0 bridgehead atoms. The summed E-state index contributed by atoms with van der Waals surface area (Å²) in [4.78, 5) is 10.8. The molecule has 18 heavy (non-hydrogen) atoms. The van der Waals surface area contributed by atoms with Crippen LogP contribution in [0, 0.1) is 0 Å². The lowest BCUT2D eigenvalue weighted by molar-refractivity contribution is 0.0692. The number of aliphatic hydroxyl groups excluding tert-OH is 1. The van der Waals surface area contributed by atoms with Crippen LogP contribution in [0.4, 0.5) is 0 Å². The summed E-state index contributed by atoms with van der Waals surface area (Å²) >= 11 is 0. The van der Waals surface area contributed by atoms with Gasteiger partial charge in [-0.15, -0.1) is 0 Å². The highest BCUT2D eigenvalue weighted by molar-refractivity contribution is 7.89. The molecule has 2 rings (SSSR count). The third-order valence-electron chi connectivity index (χ3n) is 2.86. The molecule has 0 aromatic heterocycles. The van der Waals surface area contributed by atoms with Crippen molar-refractivity contribution >= 4 is 16.0 Å². The highest BCUT2D eigenvalue weighted by Gasteiger charge is 2.33. The van der Waals surface area contributed by atoms with Crippen LogP contribution in [-0.4, -0.2) is 48.1 Å². The number of rotatable bonds is 3. The molecule has 1 fully saturated rings. The number of sulfonamides is 1. The van der Waals surface area contributed by atoms with Gasteiger partial charge in [-0.3, -0.25) is 0 Å². The van der Waals surface area contributed by atoms with E-state index < -0.39 is 22.1 Å². The monoisotopic (exact) mass is 271 g/mol. The SMILES string of the molecule is O=C(O)c1ccccc1S(=O)(=O)N1CC[C@@H](O)C1. The molecule has 0 radical (unpaired) electrons. The summed E-state index contributed by atoms with van der Waals surface area (Å²) in [7, 11) is -3.85. The van der Waals surface area contributed by atoms with E-state index in [2.05, 4.69) is 0 Å². The van der Waals surface area contributed by atoms with Gasteiger partial charge in [0, 0.05) is 13.1 Å². The van der Waals surface area contributed by atoms with Crippen molar-refractivity contribution in [3.8, 4) is 0 Å². The maximum absolute atomic E-state index is 12.3. The summed E-state index contributed by atoms with van der Waals surface area (Å²) in [6.07, 6.45) is -0.314. The average molecular weight is 271 g/mol. The molecule has 0 spiro atoms. The lowest BCUT2D eigenvalue weighted by Gasteiger charge is -2.16. The van der Waals surface area contributed by atoms with Gasteiger partial charge in [-0.25, -0.2) is 13.2 Å². The van der Waals surface area contributed by atoms with Gasteiger partial charge in [0.25, 0.3) is 0 Å². The maximum Gasteiger partial charge on any atom is 0.337 e. The van der Waals surface area contributed by atoms with E-state index in [-0.39, 0.29) is 23.5 Å². The molecule has 1 atom stereocenters. The Kier molecular flexibility index (Phi) is 3.38. The Balaban J connectivity index is 2.45. The summed E-state index contributed by atoms with van der Waals surface area (Å²) in [6.45, 7) is 0.216. The average Bonchev–Trinajstić information content (AvgIpc) is 2.76. The Morgan fingerprint density at radius 2 is 2.00 bits per heavy atom. The second-order valence-corrected chi connectivity index (χ2v) is 6.01. The van der Waals surface area contributed by atoms with E-state index in [0.717, 1.165) is 4.31 Å². The number of carboxylic acids is 1. The number of carboxylic acid groups (broad SMARTS) is 1. The van der Waals surface area contributed by atoms with Crippen LogP contribution in [0.3, 0.4) is 0 Å². The molecule has 1 aliphatic rings. The normalized spacial score (nSPS) is 21.1. The van der Waals surface area contributed by atoms with Crippen LogP contribution in [0.15, 0.2) is 29.2 Å². The fourth-order valence-corrected chi connectivity index (χ4v) is 3.61. The molecule has 0 unspecified atom stereocenters. The van der Waals surface area contributed by atoms with Gasteiger partial charge in [0.2, 0.25) is 10.0 Å². The summed E-state index contributed by atoms with van der Waals surface area (Å²) in [6, 6.07) is 5.47. The molecule has 0 aliphatic carbocycles. The molecule has 6 nitrogen and oxygen atoms in total. The number of β-amino-alcohol motifs (C(OH)–C–C–N with tert-alkyl or cyclic N) is 1. The number of nitrogens with zero attached hydrogens (tertiary/aromatic N) is 1. The summed E-state index contributed by atoms with van der Waals surface area (Å²) in [5.74, 6) is -1.28. The lowest BCUT2D eigenvalue weighted by Crippen LogP contribution is -2.30. The van der Waals surface area contributed by atoms with Crippen molar-refractivity contribution in [1.82, 2.24) is 4.31 Å². The van der Waals surface area contributed by atoms with Crippen molar-refractivity contribution in [2.75, 3.05) is 13.1 Å². The number of aliphatic hydroxyl groups is 1. The number of benzene rings is 1. The first kappa shape index (κ1) is 13.0. The Labute approximate surface area is 105 Å². The van der Waals surface area contributed by atoms with E-state index >= 15 is 0 Å². The van der Waals surface area contributed by atoms with Crippen molar-refractivity contribution in [3.63, 3.8) is 0 Å². The van der Waals surface area contributed by atoms with Gasteiger partial charge in [0.1, 0.15) is 0 Å². The van der Waals surface area contributed by atoms with Crippen molar-refractivity contribution in [3.05, 3.63) is 29.8 Å². The second kappa shape index (κ2) is 4.68. The topological polar surface area (TPSA) is 94.9 Å². The molecule has 0 amide bonds. The van der Waals surface area contributed by atoms with E-state index in [1.807, 2.05) is 0 Å². The predicted octanol–water partition coefficient (Wildman–Crippen LogP) is 0.140. The summed E-state index contributed by atoms with van der Waals surface area (Å²) in [5.41, 5.74) is -0.251. The fraction of sp³-hybridized carbons (Fsp3) is 0.364. The number of carbonyl (C=O) groups is 1. The van der Waals surface area contributed by atoms with Crippen molar-refractivity contribution < 1.29 is 23.4 Å². The van der Waals surface area contributed by atoms with Gasteiger partial charge in [-0.1, -0.05) is 12.1 Å². The van der Waals surface area contributed by atoms with Gasteiger partial charge in [0.05, 0.1) is 16.6 Å². The Hall–Kier alpha value is -1.44. The lowest BCUT2D eigenvalue weighted by atomic mass is 10.2. The first-order chi connectivity index (χ1) is 8.43. The summed E-state index contributed by atoms with van der Waals surface area (Å²) < 4.78 is 25.6. The van der Waals surface area contributed by atoms with Crippen molar-refractivity contribution in [2.24, 2.45) is 0 Å². The first-order valence-corrected chi connectivity index (χ1v) is 6.87. The van der Waals surface area contributed by atoms with E-state index in [1.165, 1.54) is 24.3 Å². The minimum atomic E-state index is -3.85. The molecule has 98 valence electrons. The molecular formula is C11H13NO5S. The highest BCUT2D eigenvalue weighted by Crippen LogP contribution is 2.23. The molecular weight excluding hydrogens is 258 g/mol. The number of hydrogen-bond acceptors (Lipinski definition) is 4. The third-order valence-corrected chi connectivity index (χ3v) is 4.78. The molecule has 1 aliphatic heterocycles. The minimum absolute atomic E-state index is 0.0102.